The van der Waals surface area contributed by atoms with Crippen LogP contribution in [0.1, 0.15) is 27.1 Å². The molecule has 0 unspecified atom stereocenters. The van der Waals surface area contributed by atoms with Crippen molar-refractivity contribution in [2.45, 2.75) is 6.42 Å². The number of phenolic OH excluding ortho intramolecular Hbond substituents is 1. The van der Waals surface area contributed by atoms with E-state index in [-0.39, 0.29) is 23.7 Å². The summed E-state index contributed by atoms with van der Waals surface area (Å²) in [5, 5.41) is 9.21. The van der Waals surface area contributed by atoms with E-state index < -0.39 is 0 Å². The molecule has 22 heavy (non-hydrogen) atoms. The van der Waals surface area contributed by atoms with E-state index in [1.807, 2.05) is 0 Å². The highest BCUT2D eigenvalue weighted by Crippen LogP contribution is 2.24. The van der Waals surface area contributed by atoms with Crippen molar-refractivity contribution in [3.63, 3.8) is 0 Å². The fraction of sp³-hybridized carbons (Fsp3) is 0.176. The molecule has 0 aliphatic carbocycles. The van der Waals surface area contributed by atoms with Crippen molar-refractivity contribution in [3.8, 4) is 17.2 Å². The van der Waals surface area contributed by atoms with Gasteiger partial charge in [0, 0.05) is 17.2 Å². The Morgan fingerprint density at radius 1 is 0.864 bits per heavy atom. The van der Waals surface area contributed by atoms with Gasteiger partial charge in [-0.05, 0) is 36.4 Å². The molecule has 1 N–H and O–H groups in total. The summed E-state index contributed by atoms with van der Waals surface area (Å²) in [4.78, 5) is 24.3. The number of Topliss-reactive ketones (excluding diaryl/α,β-unsaturated/α-hetero) is 2. The highest BCUT2D eigenvalue weighted by molar-refractivity contribution is 6.13. The van der Waals surface area contributed by atoms with Crippen LogP contribution in [0.15, 0.2) is 42.5 Å². The first-order chi connectivity index (χ1) is 10.5. The zero-order valence-corrected chi connectivity index (χ0v) is 12.3. The van der Waals surface area contributed by atoms with Gasteiger partial charge < -0.3 is 14.6 Å². The van der Waals surface area contributed by atoms with Gasteiger partial charge in [0.25, 0.3) is 0 Å². The van der Waals surface area contributed by atoms with E-state index in [0.29, 0.717) is 22.6 Å². The van der Waals surface area contributed by atoms with Gasteiger partial charge in [-0.1, -0.05) is 0 Å². The van der Waals surface area contributed by atoms with Crippen molar-refractivity contribution in [3.05, 3.63) is 53.6 Å². The lowest BCUT2D eigenvalue weighted by Gasteiger charge is -2.07. The molecule has 0 radical (unpaired) electrons. The quantitative estimate of drug-likeness (QED) is 0.656. The molecule has 0 amide bonds. The number of methoxy groups -OCH3 is 2. The van der Waals surface area contributed by atoms with Crippen LogP contribution in [0.4, 0.5) is 0 Å². The van der Waals surface area contributed by atoms with Crippen molar-refractivity contribution in [2.24, 2.45) is 0 Å². The predicted molar refractivity (Wildman–Crippen MR) is 80.9 cm³/mol. The minimum atomic E-state index is -0.324. The molecule has 2 aromatic rings. The average Bonchev–Trinajstić information content (AvgIpc) is 2.54. The van der Waals surface area contributed by atoms with Gasteiger partial charge in [0.1, 0.15) is 17.2 Å². The first-order valence-corrected chi connectivity index (χ1v) is 6.62. The number of phenols is 1. The van der Waals surface area contributed by atoms with Gasteiger partial charge in [0.2, 0.25) is 0 Å². The Labute approximate surface area is 128 Å². The molecule has 5 heteroatoms. The molecule has 0 aliphatic rings. The largest absolute Gasteiger partial charge is 0.508 e. The minimum absolute atomic E-state index is 0.0698. The summed E-state index contributed by atoms with van der Waals surface area (Å²) in [5.74, 6) is 0.405. The molecule has 0 spiro atoms. The Balaban J connectivity index is 2.18. The van der Waals surface area contributed by atoms with E-state index in [4.69, 9.17) is 9.47 Å². The van der Waals surface area contributed by atoms with E-state index in [1.165, 1.54) is 38.5 Å². The highest BCUT2D eigenvalue weighted by atomic mass is 16.5. The minimum Gasteiger partial charge on any atom is -0.508 e. The maximum atomic E-state index is 12.3. The second-order valence-electron chi connectivity index (χ2n) is 4.67. The number of aromatic hydroxyl groups is 1. The van der Waals surface area contributed by atoms with Crippen molar-refractivity contribution in [1.29, 1.82) is 0 Å². The number of hydrogen-bond donors (Lipinski definition) is 1. The Morgan fingerprint density at radius 2 is 1.36 bits per heavy atom. The fourth-order valence-corrected chi connectivity index (χ4v) is 1.97. The van der Waals surface area contributed by atoms with Gasteiger partial charge >= 0.3 is 0 Å². The first-order valence-electron chi connectivity index (χ1n) is 6.62. The molecule has 2 rings (SSSR count). The number of carbonyl (C=O) groups excluding carboxylic acids is 2. The van der Waals surface area contributed by atoms with Crippen LogP contribution in [-0.2, 0) is 0 Å². The van der Waals surface area contributed by atoms with E-state index >= 15 is 0 Å². The van der Waals surface area contributed by atoms with Gasteiger partial charge in [0.05, 0.1) is 20.6 Å². The van der Waals surface area contributed by atoms with Crippen LogP contribution in [-0.4, -0.2) is 30.9 Å². The molecule has 2 aromatic carbocycles. The monoisotopic (exact) mass is 300 g/mol. The number of benzene rings is 2. The molecule has 0 saturated carbocycles. The number of ketones is 2. The first kappa shape index (κ1) is 15.6. The van der Waals surface area contributed by atoms with Crippen molar-refractivity contribution in [2.75, 3.05) is 14.2 Å². The molecule has 114 valence electrons. The lowest BCUT2D eigenvalue weighted by Crippen LogP contribution is -2.09. The van der Waals surface area contributed by atoms with E-state index in [1.54, 1.807) is 18.2 Å². The molecule has 0 fully saturated rings. The zero-order valence-electron chi connectivity index (χ0n) is 12.3. The normalized spacial score (nSPS) is 10.1. The van der Waals surface area contributed by atoms with Crippen molar-refractivity contribution >= 4 is 11.6 Å². The van der Waals surface area contributed by atoms with Gasteiger partial charge in [-0.3, -0.25) is 9.59 Å². The molecule has 0 aromatic heterocycles. The number of hydrogen-bond acceptors (Lipinski definition) is 5. The Kier molecular flexibility index (Phi) is 4.78. The summed E-state index contributed by atoms with van der Waals surface area (Å²) in [5.41, 5.74) is 0.726. The summed E-state index contributed by atoms with van der Waals surface area (Å²) in [7, 11) is 2.98. The van der Waals surface area contributed by atoms with E-state index in [9.17, 15) is 14.7 Å². The number of rotatable bonds is 6. The maximum Gasteiger partial charge on any atom is 0.170 e. The van der Waals surface area contributed by atoms with Crippen molar-refractivity contribution in [1.82, 2.24) is 0 Å². The highest BCUT2D eigenvalue weighted by Gasteiger charge is 2.15. The standard InChI is InChI=1S/C17H16O5/c1-21-14-7-12(8-15(9-14)22-2)17(20)10-16(19)11-3-5-13(18)6-4-11/h3-9,18H,10H2,1-2H3. The Morgan fingerprint density at radius 3 is 1.86 bits per heavy atom. The van der Waals surface area contributed by atoms with Gasteiger partial charge in [-0.15, -0.1) is 0 Å². The van der Waals surface area contributed by atoms with Gasteiger partial charge in [0.15, 0.2) is 11.6 Å². The van der Waals surface area contributed by atoms with Crippen LogP contribution in [0.3, 0.4) is 0 Å². The van der Waals surface area contributed by atoms with E-state index in [0.717, 1.165) is 0 Å². The Bertz CT molecular complexity index is 666. The zero-order chi connectivity index (χ0) is 16.1. The third kappa shape index (κ3) is 3.63. The molecule has 0 bridgehead atoms. The maximum absolute atomic E-state index is 12.3. The van der Waals surface area contributed by atoms with Crippen molar-refractivity contribution < 1.29 is 24.2 Å². The molecule has 0 saturated heterocycles. The van der Waals surface area contributed by atoms with Crippen LogP contribution in [0.5, 0.6) is 17.2 Å². The second-order valence-corrected chi connectivity index (χ2v) is 4.67. The molecule has 0 aliphatic heterocycles. The van der Waals surface area contributed by atoms with Crippen LogP contribution in [0.25, 0.3) is 0 Å². The number of carbonyl (C=O) groups is 2. The SMILES string of the molecule is COc1cc(OC)cc(C(=O)CC(=O)c2ccc(O)cc2)c1. The fourth-order valence-electron chi connectivity index (χ4n) is 1.97. The summed E-state index contributed by atoms with van der Waals surface area (Å²) < 4.78 is 10.2. The van der Waals surface area contributed by atoms with Crippen LogP contribution >= 0.6 is 0 Å². The lowest BCUT2D eigenvalue weighted by atomic mass is 10.0. The molecular formula is C17H16O5. The summed E-state index contributed by atoms with van der Waals surface area (Å²) >= 11 is 0. The molecule has 5 nitrogen and oxygen atoms in total. The predicted octanol–water partition coefficient (Wildman–Crippen LogP) is 2.87. The van der Waals surface area contributed by atoms with Gasteiger partial charge in [-0.2, -0.15) is 0 Å². The lowest BCUT2D eigenvalue weighted by molar-refractivity contribution is 0.0894. The summed E-state index contributed by atoms with van der Waals surface area (Å²) in [6, 6.07) is 10.6. The molecule has 0 heterocycles. The van der Waals surface area contributed by atoms with Crippen LogP contribution in [0.2, 0.25) is 0 Å². The Hall–Kier alpha value is -2.82. The number of ether oxygens (including phenoxy) is 2. The summed E-state index contributed by atoms with van der Waals surface area (Å²) in [6.45, 7) is 0. The van der Waals surface area contributed by atoms with E-state index in [2.05, 4.69) is 0 Å². The van der Waals surface area contributed by atoms with Crippen LogP contribution < -0.4 is 9.47 Å². The topological polar surface area (TPSA) is 72.8 Å². The summed E-state index contributed by atoms with van der Waals surface area (Å²) in [6.07, 6.45) is -0.263. The molecule has 0 atom stereocenters. The molecular weight excluding hydrogens is 284 g/mol. The third-order valence-corrected chi connectivity index (χ3v) is 3.18. The third-order valence-electron chi connectivity index (χ3n) is 3.18. The van der Waals surface area contributed by atoms with Gasteiger partial charge in [-0.25, -0.2) is 0 Å². The smallest absolute Gasteiger partial charge is 0.170 e. The average molecular weight is 300 g/mol. The van der Waals surface area contributed by atoms with Crippen LogP contribution in [0, 0.1) is 0 Å². The second kappa shape index (κ2) is 6.76.